The second-order valence-electron chi connectivity index (χ2n) is 9.23. The number of hydrogen-bond acceptors (Lipinski definition) is 5. The van der Waals surface area contributed by atoms with Crippen molar-refractivity contribution < 1.29 is 29.0 Å². The number of carbonyl (C=O) groups excluding carboxylic acids is 2. The quantitative estimate of drug-likeness (QED) is 0.506. The summed E-state index contributed by atoms with van der Waals surface area (Å²) in [6, 6.07) is 15.7. The average molecular weight is 481 g/mol. The van der Waals surface area contributed by atoms with Crippen molar-refractivity contribution in [3.63, 3.8) is 0 Å². The van der Waals surface area contributed by atoms with Crippen LogP contribution in [0, 0.1) is 11.3 Å². The van der Waals surface area contributed by atoms with Crippen LogP contribution in [0.25, 0.3) is 11.1 Å². The van der Waals surface area contributed by atoms with Crippen molar-refractivity contribution >= 4 is 18.0 Å². The Labute approximate surface area is 205 Å². The molecule has 1 aliphatic heterocycles. The second kappa shape index (κ2) is 10.5. The number of hydrogen-bond donors (Lipinski definition) is 3. The zero-order valence-electron chi connectivity index (χ0n) is 20.1. The zero-order chi connectivity index (χ0) is 25.0. The van der Waals surface area contributed by atoms with Gasteiger partial charge >= 0.3 is 12.1 Å². The SMILES string of the molecule is CCC(CC)(CNC(=O)OCC1c2ccccc2-c2ccccc21)C(=O)NC1COCC1C(=O)O. The van der Waals surface area contributed by atoms with E-state index < -0.39 is 29.4 Å². The van der Waals surface area contributed by atoms with Gasteiger partial charge in [0.25, 0.3) is 0 Å². The van der Waals surface area contributed by atoms with Crippen LogP contribution in [-0.4, -0.2) is 55.5 Å². The molecule has 4 rings (SSSR count). The Balaban J connectivity index is 1.37. The van der Waals surface area contributed by atoms with Crippen molar-refractivity contribution in [2.24, 2.45) is 11.3 Å². The maximum absolute atomic E-state index is 13.2. The lowest BCUT2D eigenvalue weighted by Gasteiger charge is -2.32. The lowest BCUT2D eigenvalue weighted by atomic mass is 9.80. The number of amides is 2. The highest BCUT2D eigenvalue weighted by atomic mass is 16.5. The summed E-state index contributed by atoms with van der Waals surface area (Å²) in [7, 11) is 0. The van der Waals surface area contributed by atoms with Crippen LogP contribution in [0.5, 0.6) is 0 Å². The van der Waals surface area contributed by atoms with E-state index in [1.807, 2.05) is 38.1 Å². The number of nitrogens with one attached hydrogen (secondary N) is 2. The summed E-state index contributed by atoms with van der Waals surface area (Å²) in [4.78, 5) is 37.2. The van der Waals surface area contributed by atoms with E-state index in [0.717, 1.165) is 22.3 Å². The van der Waals surface area contributed by atoms with Gasteiger partial charge in [0.15, 0.2) is 0 Å². The Hall–Kier alpha value is -3.39. The van der Waals surface area contributed by atoms with Crippen LogP contribution in [-0.2, 0) is 19.1 Å². The van der Waals surface area contributed by atoms with E-state index in [0.29, 0.717) is 12.8 Å². The predicted molar refractivity (Wildman–Crippen MR) is 130 cm³/mol. The van der Waals surface area contributed by atoms with Gasteiger partial charge < -0.3 is 25.2 Å². The number of alkyl carbamates (subject to hydrolysis) is 1. The number of carbonyl (C=O) groups is 3. The summed E-state index contributed by atoms with van der Waals surface area (Å²) in [5.41, 5.74) is 3.69. The molecule has 8 heteroatoms. The molecule has 2 aromatic carbocycles. The molecule has 35 heavy (non-hydrogen) atoms. The number of carboxylic acids is 1. The minimum absolute atomic E-state index is 0.0473. The van der Waals surface area contributed by atoms with Crippen molar-refractivity contribution in [3.8, 4) is 11.1 Å². The van der Waals surface area contributed by atoms with Gasteiger partial charge in [0, 0.05) is 12.5 Å². The molecule has 0 bridgehead atoms. The molecule has 186 valence electrons. The van der Waals surface area contributed by atoms with Crippen LogP contribution in [0.2, 0.25) is 0 Å². The molecule has 0 radical (unpaired) electrons. The third kappa shape index (κ3) is 4.89. The van der Waals surface area contributed by atoms with Crippen LogP contribution in [0.1, 0.15) is 43.7 Å². The standard InChI is InChI=1S/C27H32N2O6/c1-3-27(4-2,25(32)29-23-15-34-13-22(23)24(30)31)16-28-26(33)35-14-21-19-11-7-5-9-17(19)18-10-6-8-12-20(18)21/h5-12,21-23H,3-4,13-16H2,1-2H3,(H,28,33)(H,29,32)(H,30,31). The molecule has 1 fully saturated rings. The summed E-state index contributed by atoms with van der Waals surface area (Å²) < 4.78 is 10.9. The van der Waals surface area contributed by atoms with E-state index in [9.17, 15) is 19.5 Å². The number of aliphatic carboxylic acids is 1. The molecule has 1 aliphatic carbocycles. The first kappa shape index (κ1) is 24.7. The lowest BCUT2D eigenvalue weighted by molar-refractivity contribution is -0.142. The van der Waals surface area contributed by atoms with Crippen LogP contribution < -0.4 is 10.6 Å². The molecule has 2 aromatic rings. The summed E-state index contributed by atoms with van der Waals surface area (Å²) in [5, 5.41) is 15.0. The first-order valence-electron chi connectivity index (χ1n) is 12.1. The summed E-state index contributed by atoms with van der Waals surface area (Å²) in [6.45, 7) is 4.27. The van der Waals surface area contributed by atoms with Gasteiger partial charge in [0.2, 0.25) is 5.91 Å². The predicted octanol–water partition coefficient (Wildman–Crippen LogP) is 3.55. The third-order valence-electron chi connectivity index (χ3n) is 7.46. The summed E-state index contributed by atoms with van der Waals surface area (Å²) >= 11 is 0. The molecule has 2 amide bonds. The van der Waals surface area contributed by atoms with Gasteiger partial charge in [-0.25, -0.2) is 4.79 Å². The fraction of sp³-hybridized carbons (Fsp3) is 0.444. The molecule has 0 spiro atoms. The largest absolute Gasteiger partial charge is 0.481 e. The number of fused-ring (bicyclic) bond motifs is 3. The van der Waals surface area contributed by atoms with Gasteiger partial charge in [-0.05, 0) is 35.1 Å². The van der Waals surface area contributed by atoms with Crippen molar-refractivity contribution in [1.82, 2.24) is 10.6 Å². The average Bonchev–Trinajstić information content (AvgIpc) is 3.46. The van der Waals surface area contributed by atoms with Gasteiger partial charge in [-0.3, -0.25) is 9.59 Å². The van der Waals surface area contributed by atoms with Crippen molar-refractivity contribution in [3.05, 3.63) is 59.7 Å². The van der Waals surface area contributed by atoms with E-state index >= 15 is 0 Å². The van der Waals surface area contributed by atoms with Gasteiger partial charge in [-0.2, -0.15) is 0 Å². The van der Waals surface area contributed by atoms with E-state index in [-0.39, 0.29) is 38.2 Å². The molecule has 0 aromatic heterocycles. The van der Waals surface area contributed by atoms with Crippen molar-refractivity contribution in [2.45, 2.75) is 38.6 Å². The molecule has 1 saturated heterocycles. The van der Waals surface area contributed by atoms with Gasteiger partial charge in [0.1, 0.15) is 12.5 Å². The fourth-order valence-electron chi connectivity index (χ4n) is 5.05. The Bertz CT molecular complexity index is 1050. The Morgan fingerprint density at radius 2 is 1.60 bits per heavy atom. The lowest BCUT2D eigenvalue weighted by Crippen LogP contribution is -2.53. The normalized spacial score (nSPS) is 19.0. The third-order valence-corrected chi connectivity index (χ3v) is 7.46. The molecule has 1 heterocycles. The molecule has 2 unspecified atom stereocenters. The van der Waals surface area contributed by atoms with E-state index in [2.05, 4.69) is 34.9 Å². The Morgan fingerprint density at radius 3 is 2.17 bits per heavy atom. The van der Waals surface area contributed by atoms with Crippen LogP contribution >= 0.6 is 0 Å². The zero-order valence-corrected chi connectivity index (χ0v) is 20.1. The summed E-state index contributed by atoms with van der Waals surface area (Å²) in [6.07, 6.45) is 0.368. The van der Waals surface area contributed by atoms with Crippen molar-refractivity contribution in [1.29, 1.82) is 0 Å². The first-order chi connectivity index (χ1) is 16.9. The maximum Gasteiger partial charge on any atom is 0.407 e. The minimum Gasteiger partial charge on any atom is -0.481 e. The van der Waals surface area contributed by atoms with Crippen LogP contribution in [0.4, 0.5) is 4.79 Å². The Kier molecular flexibility index (Phi) is 7.40. The molecule has 8 nitrogen and oxygen atoms in total. The number of ether oxygens (including phenoxy) is 2. The highest BCUT2D eigenvalue weighted by Gasteiger charge is 2.41. The maximum atomic E-state index is 13.2. The minimum atomic E-state index is -0.997. The highest BCUT2D eigenvalue weighted by molar-refractivity contribution is 5.85. The number of rotatable bonds is 9. The van der Waals surface area contributed by atoms with Crippen LogP contribution in [0.3, 0.4) is 0 Å². The van der Waals surface area contributed by atoms with Crippen molar-refractivity contribution in [2.75, 3.05) is 26.4 Å². The topological polar surface area (TPSA) is 114 Å². The van der Waals surface area contributed by atoms with E-state index in [4.69, 9.17) is 9.47 Å². The van der Waals surface area contributed by atoms with Crippen LogP contribution in [0.15, 0.2) is 48.5 Å². The Morgan fingerprint density at radius 1 is 1.00 bits per heavy atom. The number of carboxylic acid groups (broad SMARTS) is 1. The highest BCUT2D eigenvalue weighted by Crippen LogP contribution is 2.44. The molecule has 2 atom stereocenters. The molecular weight excluding hydrogens is 448 g/mol. The molecule has 0 saturated carbocycles. The molecule has 2 aliphatic rings. The van der Waals surface area contributed by atoms with E-state index in [1.54, 1.807) is 0 Å². The van der Waals surface area contributed by atoms with Gasteiger partial charge in [-0.1, -0.05) is 62.4 Å². The second-order valence-corrected chi connectivity index (χ2v) is 9.23. The summed E-state index contributed by atoms with van der Waals surface area (Å²) in [5.74, 6) is -2.11. The number of benzene rings is 2. The molecular formula is C27H32N2O6. The fourth-order valence-corrected chi connectivity index (χ4v) is 5.05. The van der Waals surface area contributed by atoms with Gasteiger partial charge in [-0.15, -0.1) is 0 Å². The smallest absolute Gasteiger partial charge is 0.407 e. The first-order valence-corrected chi connectivity index (χ1v) is 12.1. The monoisotopic (exact) mass is 480 g/mol. The molecule has 3 N–H and O–H groups in total. The van der Waals surface area contributed by atoms with E-state index in [1.165, 1.54) is 0 Å². The van der Waals surface area contributed by atoms with Gasteiger partial charge in [0.05, 0.1) is 24.7 Å².